The number of aliphatic hydroxyl groups is 2. The molecule has 0 heterocycles. The zero-order valence-electron chi connectivity index (χ0n) is 8.80. The minimum atomic E-state index is -0.0548. The fourth-order valence-corrected chi connectivity index (χ4v) is 1.25. The van der Waals surface area contributed by atoms with Crippen molar-refractivity contribution in [3.05, 3.63) is 35.9 Å². The molecule has 0 spiro atoms. The summed E-state index contributed by atoms with van der Waals surface area (Å²) in [6.07, 6.45) is 0.694. The third kappa shape index (κ3) is 4.93. The van der Waals surface area contributed by atoms with Gasteiger partial charge < -0.3 is 14.9 Å². The van der Waals surface area contributed by atoms with E-state index in [1.165, 1.54) is 0 Å². The number of hydrogen-bond acceptors (Lipinski definition) is 3. The van der Waals surface area contributed by atoms with Crippen LogP contribution >= 0.6 is 0 Å². The lowest BCUT2D eigenvalue weighted by molar-refractivity contribution is 0.0761. The lowest BCUT2D eigenvalue weighted by Crippen LogP contribution is -2.13. The molecule has 0 aliphatic heterocycles. The van der Waals surface area contributed by atoms with E-state index >= 15 is 0 Å². The highest BCUT2D eigenvalue weighted by molar-refractivity contribution is 5.13. The minimum absolute atomic E-state index is 0.0190. The Morgan fingerprint density at radius 3 is 2.60 bits per heavy atom. The van der Waals surface area contributed by atoms with Crippen LogP contribution in [0, 0.1) is 5.92 Å². The van der Waals surface area contributed by atoms with Crippen LogP contribution in [0.1, 0.15) is 12.0 Å². The molecule has 1 rings (SSSR count). The molecule has 0 saturated heterocycles. The Kier molecular flexibility index (Phi) is 6.00. The van der Waals surface area contributed by atoms with Crippen LogP contribution in [-0.4, -0.2) is 30.0 Å². The molecule has 1 aromatic rings. The van der Waals surface area contributed by atoms with Gasteiger partial charge in [-0.25, -0.2) is 0 Å². The highest BCUT2D eigenvalue weighted by atomic mass is 16.5. The molecule has 0 aromatic heterocycles. The Morgan fingerprint density at radius 1 is 1.27 bits per heavy atom. The van der Waals surface area contributed by atoms with E-state index in [0.29, 0.717) is 19.6 Å². The van der Waals surface area contributed by atoms with Crippen molar-refractivity contribution in [1.29, 1.82) is 0 Å². The average Bonchev–Trinajstić information content (AvgIpc) is 2.31. The van der Waals surface area contributed by atoms with Gasteiger partial charge in [0.15, 0.2) is 0 Å². The molecule has 3 heteroatoms. The Hall–Kier alpha value is -0.900. The van der Waals surface area contributed by atoms with Crippen molar-refractivity contribution < 1.29 is 14.9 Å². The van der Waals surface area contributed by atoms with Gasteiger partial charge in [-0.15, -0.1) is 0 Å². The van der Waals surface area contributed by atoms with Crippen molar-refractivity contribution >= 4 is 0 Å². The molecule has 0 fully saturated rings. The third-order valence-corrected chi connectivity index (χ3v) is 2.30. The lowest BCUT2D eigenvalue weighted by atomic mass is 10.2. The van der Waals surface area contributed by atoms with Crippen molar-refractivity contribution in [2.75, 3.05) is 19.8 Å². The van der Waals surface area contributed by atoms with Gasteiger partial charge in [-0.05, 0) is 12.0 Å². The molecule has 0 aliphatic rings. The SMILES string of the molecule is OCC(CCOCc1ccccc1)[14CH2]O. The summed E-state index contributed by atoms with van der Waals surface area (Å²) in [7, 11) is 0. The summed E-state index contributed by atoms with van der Waals surface area (Å²) in [5.74, 6) is -0.0548. The van der Waals surface area contributed by atoms with Gasteiger partial charge in [-0.2, -0.15) is 0 Å². The van der Waals surface area contributed by atoms with E-state index in [1.54, 1.807) is 0 Å². The first-order valence-electron chi connectivity index (χ1n) is 5.20. The molecule has 0 radical (unpaired) electrons. The Balaban J connectivity index is 2.12. The van der Waals surface area contributed by atoms with Crippen LogP contribution in [0.25, 0.3) is 0 Å². The molecule has 0 saturated carbocycles. The Labute approximate surface area is 90.3 Å². The van der Waals surface area contributed by atoms with E-state index < -0.39 is 0 Å². The first-order chi connectivity index (χ1) is 7.36. The number of ether oxygens (including phenoxy) is 1. The van der Waals surface area contributed by atoms with Crippen LogP contribution in [0.4, 0.5) is 0 Å². The largest absolute Gasteiger partial charge is 0.396 e. The first-order valence-corrected chi connectivity index (χ1v) is 5.20. The normalized spacial score (nSPS) is 12.7. The molecule has 1 unspecified atom stereocenters. The van der Waals surface area contributed by atoms with Crippen LogP contribution in [0.2, 0.25) is 0 Å². The van der Waals surface area contributed by atoms with Gasteiger partial charge in [0.2, 0.25) is 0 Å². The Bertz CT molecular complexity index is 244. The fourth-order valence-electron chi connectivity index (χ4n) is 1.25. The van der Waals surface area contributed by atoms with Crippen molar-refractivity contribution in [1.82, 2.24) is 0 Å². The van der Waals surface area contributed by atoms with Gasteiger partial charge in [-0.1, -0.05) is 30.3 Å². The summed E-state index contributed by atoms with van der Waals surface area (Å²) in [6, 6.07) is 9.94. The van der Waals surface area contributed by atoms with Gasteiger partial charge >= 0.3 is 0 Å². The van der Waals surface area contributed by atoms with Crippen molar-refractivity contribution in [3.8, 4) is 0 Å². The topological polar surface area (TPSA) is 49.7 Å². The van der Waals surface area contributed by atoms with Gasteiger partial charge in [0, 0.05) is 25.7 Å². The molecular formula is C12H18O3. The molecule has 0 bridgehead atoms. The van der Waals surface area contributed by atoms with E-state index in [0.717, 1.165) is 5.56 Å². The van der Waals surface area contributed by atoms with Crippen LogP contribution in [0.3, 0.4) is 0 Å². The maximum atomic E-state index is 8.83. The van der Waals surface area contributed by atoms with E-state index in [-0.39, 0.29) is 19.1 Å². The summed E-state index contributed by atoms with van der Waals surface area (Å²) >= 11 is 0. The third-order valence-electron chi connectivity index (χ3n) is 2.30. The molecule has 15 heavy (non-hydrogen) atoms. The predicted molar refractivity (Wildman–Crippen MR) is 58.4 cm³/mol. The van der Waals surface area contributed by atoms with E-state index in [2.05, 4.69) is 0 Å². The second-order valence-electron chi connectivity index (χ2n) is 3.56. The summed E-state index contributed by atoms with van der Waals surface area (Å²) < 4.78 is 5.43. The van der Waals surface area contributed by atoms with Crippen molar-refractivity contribution in [2.24, 2.45) is 5.92 Å². The van der Waals surface area contributed by atoms with Gasteiger partial charge in [-0.3, -0.25) is 0 Å². The molecule has 0 amide bonds. The van der Waals surface area contributed by atoms with E-state index in [1.807, 2.05) is 30.3 Å². The molecule has 1 aromatic carbocycles. The van der Waals surface area contributed by atoms with Gasteiger partial charge in [0.1, 0.15) is 0 Å². The van der Waals surface area contributed by atoms with Gasteiger partial charge in [0.25, 0.3) is 0 Å². The van der Waals surface area contributed by atoms with Crippen LogP contribution in [0.5, 0.6) is 0 Å². The highest BCUT2D eigenvalue weighted by Gasteiger charge is 2.04. The zero-order chi connectivity index (χ0) is 10.9. The quantitative estimate of drug-likeness (QED) is 0.668. The number of aliphatic hydroxyl groups excluding tert-OH is 2. The van der Waals surface area contributed by atoms with E-state index in [4.69, 9.17) is 14.9 Å². The maximum absolute atomic E-state index is 8.83. The van der Waals surface area contributed by atoms with Crippen molar-refractivity contribution in [3.63, 3.8) is 0 Å². The molecular weight excluding hydrogens is 194 g/mol. The van der Waals surface area contributed by atoms with Crippen molar-refractivity contribution in [2.45, 2.75) is 13.0 Å². The number of hydrogen-bond donors (Lipinski definition) is 2. The molecule has 84 valence electrons. The number of benzene rings is 1. The smallest absolute Gasteiger partial charge is 0.0716 e. The summed E-state index contributed by atoms with van der Waals surface area (Å²) in [5, 5.41) is 17.7. The standard InChI is InChI=1S/C12H18O3/c13-8-12(9-14)6-7-15-10-11-4-2-1-3-5-11/h1-5,12-14H,6-10H2/i8+2. The minimum Gasteiger partial charge on any atom is -0.396 e. The van der Waals surface area contributed by atoms with E-state index in [9.17, 15) is 0 Å². The fraction of sp³-hybridized carbons (Fsp3) is 0.500. The predicted octanol–water partition coefficient (Wildman–Crippen LogP) is 1.19. The zero-order valence-corrected chi connectivity index (χ0v) is 8.80. The van der Waals surface area contributed by atoms with Crippen LogP contribution in [-0.2, 0) is 11.3 Å². The molecule has 1 atom stereocenters. The number of rotatable bonds is 7. The van der Waals surface area contributed by atoms with Crippen LogP contribution in [0.15, 0.2) is 30.3 Å². The summed E-state index contributed by atoms with van der Waals surface area (Å²) in [5.41, 5.74) is 1.14. The molecule has 3 nitrogen and oxygen atoms in total. The summed E-state index contributed by atoms with van der Waals surface area (Å²) in [4.78, 5) is 0. The second kappa shape index (κ2) is 7.40. The Morgan fingerprint density at radius 2 is 2.00 bits per heavy atom. The van der Waals surface area contributed by atoms with Crippen LogP contribution < -0.4 is 0 Å². The monoisotopic (exact) mass is 212 g/mol. The average molecular weight is 212 g/mol. The maximum Gasteiger partial charge on any atom is 0.0716 e. The highest BCUT2D eigenvalue weighted by Crippen LogP contribution is 2.04. The summed E-state index contributed by atoms with van der Waals surface area (Å²) in [6.45, 7) is 1.20. The first kappa shape index (κ1) is 12.2. The second-order valence-corrected chi connectivity index (χ2v) is 3.56. The molecule has 0 aliphatic carbocycles. The lowest BCUT2D eigenvalue weighted by Gasteiger charge is -2.10. The van der Waals surface area contributed by atoms with Gasteiger partial charge in [0.05, 0.1) is 6.61 Å². The molecule has 2 N–H and O–H groups in total.